The van der Waals surface area contributed by atoms with Gasteiger partial charge in [0, 0.05) is 24.7 Å². The summed E-state index contributed by atoms with van der Waals surface area (Å²) in [6.45, 7) is 2.12. The lowest BCUT2D eigenvalue weighted by molar-refractivity contribution is 0.0914. The molecule has 0 atom stereocenters. The van der Waals surface area contributed by atoms with Crippen LogP contribution in [0.1, 0.15) is 23.2 Å². The Hall–Kier alpha value is -2.06. The van der Waals surface area contributed by atoms with Crippen molar-refractivity contribution in [2.75, 3.05) is 19.6 Å². The van der Waals surface area contributed by atoms with Gasteiger partial charge in [-0.15, -0.1) is 0 Å². The zero-order chi connectivity index (χ0) is 13.7. The Bertz CT molecular complexity index is 488. The van der Waals surface area contributed by atoms with Gasteiger partial charge in [0.1, 0.15) is 5.75 Å². The maximum Gasteiger partial charge on any atom is 0.251 e. The SMILES string of the molecule is N#CCN1CCC(NC(=O)c2cccc(O)c2)CC1. The van der Waals surface area contributed by atoms with E-state index in [2.05, 4.69) is 16.3 Å². The molecule has 1 aromatic rings. The summed E-state index contributed by atoms with van der Waals surface area (Å²) in [5, 5.41) is 20.9. The van der Waals surface area contributed by atoms with E-state index >= 15 is 0 Å². The number of hydrogen-bond acceptors (Lipinski definition) is 4. The van der Waals surface area contributed by atoms with E-state index in [1.54, 1.807) is 12.1 Å². The third-order valence-electron chi connectivity index (χ3n) is 3.33. The average Bonchev–Trinajstić information content (AvgIpc) is 2.41. The number of aromatic hydroxyl groups is 1. The smallest absolute Gasteiger partial charge is 0.251 e. The predicted octanol–water partition coefficient (Wildman–Crippen LogP) is 1.11. The third-order valence-corrected chi connectivity index (χ3v) is 3.33. The molecule has 5 heteroatoms. The Balaban J connectivity index is 1.86. The van der Waals surface area contributed by atoms with Crippen LogP contribution >= 0.6 is 0 Å². The second-order valence-electron chi connectivity index (χ2n) is 4.73. The standard InChI is InChI=1S/C14H17N3O2/c15-6-9-17-7-4-12(5-8-17)16-14(19)11-2-1-3-13(18)10-11/h1-3,10,12,18H,4-5,7-9H2,(H,16,19). The molecule has 1 aromatic carbocycles. The molecule has 1 amide bonds. The van der Waals surface area contributed by atoms with Crippen LogP contribution in [0.5, 0.6) is 5.75 Å². The van der Waals surface area contributed by atoms with Crippen molar-refractivity contribution in [2.45, 2.75) is 18.9 Å². The van der Waals surface area contributed by atoms with Crippen LogP contribution in [0.25, 0.3) is 0 Å². The summed E-state index contributed by atoms with van der Waals surface area (Å²) < 4.78 is 0. The monoisotopic (exact) mass is 259 g/mol. The first-order chi connectivity index (χ1) is 9.19. The van der Waals surface area contributed by atoms with Crippen LogP contribution in [0.2, 0.25) is 0 Å². The van der Waals surface area contributed by atoms with Crippen LogP contribution in [0.3, 0.4) is 0 Å². The van der Waals surface area contributed by atoms with E-state index in [0.29, 0.717) is 12.1 Å². The van der Waals surface area contributed by atoms with Gasteiger partial charge in [-0.3, -0.25) is 9.69 Å². The lowest BCUT2D eigenvalue weighted by atomic mass is 10.0. The molecule has 0 radical (unpaired) electrons. The van der Waals surface area contributed by atoms with Crippen LogP contribution in [-0.4, -0.2) is 41.6 Å². The van der Waals surface area contributed by atoms with Gasteiger partial charge in [0.15, 0.2) is 0 Å². The number of nitriles is 1. The topological polar surface area (TPSA) is 76.4 Å². The molecule has 1 aliphatic rings. The van der Waals surface area contributed by atoms with Gasteiger partial charge >= 0.3 is 0 Å². The maximum absolute atomic E-state index is 12.0. The molecular weight excluding hydrogens is 242 g/mol. The Morgan fingerprint density at radius 3 is 2.84 bits per heavy atom. The highest BCUT2D eigenvalue weighted by Crippen LogP contribution is 2.13. The molecule has 1 fully saturated rings. The fourth-order valence-corrected chi connectivity index (χ4v) is 2.25. The van der Waals surface area contributed by atoms with Gasteiger partial charge in [-0.1, -0.05) is 6.07 Å². The molecule has 2 N–H and O–H groups in total. The van der Waals surface area contributed by atoms with Crippen LogP contribution in [0, 0.1) is 11.3 Å². The lowest BCUT2D eigenvalue weighted by Gasteiger charge is -2.30. The number of phenolic OH excluding ortho intramolecular Hbond substituents is 1. The quantitative estimate of drug-likeness (QED) is 0.797. The second-order valence-corrected chi connectivity index (χ2v) is 4.73. The van der Waals surface area contributed by atoms with Gasteiger partial charge in [0.2, 0.25) is 0 Å². The zero-order valence-electron chi connectivity index (χ0n) is 10.7. The van der Waals surface area contributed by atoms with E-state index in [1.807, 2.05) is 0 Å². The lowest BCUT2D eigenvalue weighted by Crippen LogP contribution is -2.44. The van der Waals surface area contributed by atoms with Crippen LogP contribution < -0.4 is 5.32 Å². The van der Waals surface area contributed by atoms with E-state index in [-0.39, 0.29) is 17.7 Å². The second kappa shape index (κ2) is 6.21. The summed E-state index contributed by atoms with van der Waals surface area (Å²) in [6, 6.07) is 8.61. The van der Waals surface area contributed by atoms with E-state index in [9.17, 15) is 9.90 Å². The Kier molecular flexibility index (Phi) is 4.37. The number of amides is 1. The number of nitrogens with one attached hydrogen (secondary N) is 1. The number of hydrogen-bond donors (Lipinski definition) is 2. The molecule has 0 aliphatic carbocycles. The largest absolute Gasteiger partial charge is 0.508 e. The molecule has 0 unspecified atom stereocenters. The first kappa shape index (κ1) is 13.4. The number of nitrogens with zero attached hydrogens (tertiary/aromatic N) is 2. The van der Waals surface area contributed by atoms with Gasteiger partial charge in [0.05, 0.1) is 12.6 Å². The third kappa shape index (κ3) is 3.70. The molecule has 2 rings (SSSR count). The van der Waals surface area contributed by atoms with Crippen LogP contribution in [-0.2, 0) is 0 Å². The van der Waals surface area contributed by atoms with Crippen molar-refractivity contribution in [2.24, 2.45) is 0 Å². The number of benzene rings is 1. The highest BCUT2D eigenvalue weighted by molar-refractivity contribution is 5.94. The summed E-state index contributed by atoms with van der Waals surface area (Å²) in [6.07, 6.45) is 1.71. The molecule has 0 saturated carbocycles. The highest BCUT2D eigenvalue weighted by atomic mass is 16.3. The van der Waals surface area contributed by atoms with Crippen molar-refractivity contribution in [3.8, 4) is 11.8 Å². The minimum absolute atomic E-state index is 0.0940. The van der Waals surface area contributed by atoms with Crippen molar-refractivity contribution < 1.29 is 9.90 Å². The van der Waals surface area contributed by atoms with Gasteiger partial charge < -0.3 is 10.4 Å². The number of phenols is 1. The van der Waals surface area contributed by atoms with Gasteiger partial charge in [-0.25, -0.2) is 0 Å². The van der Waals surface area contributed by atoms with Crippen molar-refractivity contribution in [3.63, 3.8) is 0 Å². The minimum Gasteiger partial charge on any atom is -0.508 e. The number of carbonyl (C=O) groups is 1. The number of likely N-dealkylation sites (tertiary alicyclic amines) is 1. The van der Waals surface area contributed by atoms with Crippen molar-refractivity contribution in [1.29, 1.82) is 5.26 Å². The zero-order valence-corrected chi connectivity index (χ0v) is 10.7. The first-order valence-corrected chi connectivity index (χ1v) is 6.38. The molecule has 5 nitrogen and oxygen atoms in total. The molecule has 0 bridgehead atoms. The fourth-order valence-electron chi connectivity index (χ4n) is 2.25. The molecule has 1 saturated heterocycles. The molecule has 100 valence electrons. The first-order valence-electron chi connectivity index (χ1n) is 6.38. The molecule has 0 spiro atoms. The summed E-state index contributed by atoms with van der Waals surface area (Å²) in [5.41, 5.74) is 0.472. The van der Waals surface area contributed by atoms with E-state index < -0.39 is 0 Å². The van der Waals surface area contributed by atoms with E-state index in [4.69, 9.17) is 5.26 Å². The van der Waals surface area contributed by atoms with Gasteiger partial charge in [-0.05, 0) is 31.0 Å². The van der Waals surface area contributed by atoms with Gasteiger partial charge in [-0.2, -0.15) is 5.26 Å². The summed E-state index contributed by atoms with van der Waals surface area (Å²) in [4.78, 5) is 14.1. The van der Waals surface area contributed by atoms with Crippen LogP contribution in [0.4, 0.5) is 0 Å². The Labute approximate surface area is 112 Å². The highest BCUT2D eigenvalue weighted by Gasteiger charge is 2.20. The predicted molar refractivity (Wildman–Crippen MR) is 70.6 cm³/mol. The average molecular weight is 259 g/mol. The summed E-state index contributed by atoms with van der Waals surface area (Å²) in [5.74, 6) is -0.0638. The van der Waals surface area contributed by atoms with Crippen molar-refractivity contribution in [1.82, 2.24) is 10.2 Å². The normalized spacial score (nSPS) is 16.8. The molecule has 1 aliphatic heterocycles. The van der Waals surface area contributed by atoms with Crippen molar-refractivity contribution in [3.05, 3.63) is 29.8 Å². The summed E-state index contributed by atoms with van der Waals surface area (Å²) in [7, 11) is 0. The summed E-state index contributed by atoms with van der Waals surface area (Å²) >= 11 is 0. The minimum atomic E-state index is -0.158. The molecule has 1 heterocycles. The Morgan fingerprint density at radius 1 is 1.47 bits per heavy atom. The van der Waals surface area contributed by atoms with Crippen molar-refractivity contribution >= 4 is 5.91 Å². The van der Waals surface area contributed by atoms with E-state index in [0.717, 1.165) is 25.9 Å². The Morgan fingerprint density at radius 2 is 2.21 bits per heavy atom. The molecular formula is C14H17N3O2. The number of carbonyl (C=O) groups excluding carboxylic acids is 1. The number of piperidine rings is 1. The molecule has 0 aromatic heterocycles. The number of rotatable bonds is 3. The fraction of sp³-hybridized carbons (Fsp3) is 0.429. The van der Waals surface area contributed by atoms with Gasteiger partial charge in [0.25, 0.3) is 5.91 Å². The molecule has 19 heavy (non-hydrogen) atoms. The van der Waals surface area contributed by atoms with Crippen LogP contribution in [0.15, 0.2) is 24.3 Å². The maximum atomic E-state index is 12.0. The van der Waals surface area contributed by atoms with E-state index in [1.165, 1.54) is 12.1 Å².